The molecule has 132 valence electrons. The van der Waals surface area contributed by atoms with Crippen LogP contribution in [0, 0.1) is 26.7 Å². The molecule has 0 spiro atoms. The number of fused-ring (bicyclic) bond motifs is 1. The van der Waals surface area contributed by atoms with E-state index in [1.165, 1.54) is 18.5 Å². The molecule has 1 saturated heterocycles. The zero-order valence-corrected chi connectivity index (χ0v) is 15.3. The molecule has 4 rings (SSSR count). The van der Waals surface area contributed by atoms with Crippen LogP contribution < -0.4 is 0 Å². The molecule has 0 saturated carbocycles. The number of hydrogen-bond donors (Lipinski definition) is 0. The van der Waals surface area contributed by atoms with Gasteiger partial charge in [0.1, 0.15) is 17.3 Å². The van der Waals surface area contributed by atoms with E-state index in [4.69, 9.17) is 4.98 Å². The highest BCUT2D eigenvalue weighted by molar-refractivity contribution is 5.41. The van der Waals surface area contributed by atoms with Crippen LogP contribution in [-0.2, 0) is 13.1 Å². The van der Waals surface area contributed by atoms with Crippen molar-refractivity contribution < 1.29 is 0 Å². The molecule has 1 atom stereocenters. The summed E-state index contributed by atoms with van der Waals surface area (Å²) in [6.07, 6.45) is 4.68. The first-order valence-electron chi connectivity index (χ1n) is 9.12. The number of pyridine rings is 1. The topological polar surface area (TPSA) is 51.2 Å². The second kappa shape index (κ2) is 6.59. The molecule has 0 N–H and O–H groups in total. The zero-order valence-electron chi connectivity index (χ0n) is 15.3. The maximum atomic E-state index is 4.79. The Morgan fingerprint density at radius 2 is 2.04 bits per heavy atom. The average molecular weight is 338 g/mol. The summed E-state index contributed by atoms with van der Waals surface area (Å²) in [6.45, 7) is 10.3. The van der Waals surface area contributed by atoms with Gasteiger partial charge in [-0.3, -0.25) is 4.90 Å². The van der Waals surface area contributed by atoms with Crippen LogP contribution in [0.4, 0.5) is 0 Å². The van der Waals surface area contributed by atoms with Gasteiger partial charge in [0.05, 0.1) is 5.69 Å². The van der Waals surface area contributed by atoms with Crippen molar-refractivity contribution in [1.29, 1.82) is 0 Å². The van der Waals surface area contributed by atoms with Crippen molar-refractivity contribution >= 4 is 5.65 Å². The van der Waals surface area contributed by atoms with Crippen LogP contribution in [0.3, 0.4) is 0 Å². The number of aryl methyl sites for hydroxylation is 3. The van der Waals surface area contributed by atoms with Gasteiger partial charge >= 0.3 is 0 Å². The highest BCUT2D eigenvalue weighted by Gasteiger charge is 2.22. The number of imidazole rings is 1. The fraction of sp³-hybridized carbons (Fsp3) is 0.526. The lowest BCUT2D eigenvalue weighted by Crippen LogP contribution is -2.37. The third-order valence-corrected chi connectivity index (χ3v) is 5.13. The predicted octanol–water partition coefficient (Wildman–Crippen LogP) is 2.76. The van der Waals surface area contributed by atoms with Crippen molar-refractivity contribution in [2.45, 2.75) is 46.7 Å². The SMILES string of the molecule is Cc1nc(C)n(C[C@@H]2CCCN(Cc3cn4c(C)cccc4n3)C2)n1. The van der Waals surface area contributed by atoms with Crippen LogP contribution in [0.5, 0.6) is 0 Å². The second-order valence-corrected chi connectivity index (χ2v) is 7.26. The smallest absolute Gasteiger partial charge is 0.147 e. The van der Waals surface area contributed by atoms with Gasteiger partial charge in [-0.2, -0.15) is 5.10 Å². The summed E-state index contributed by atoms with van der Waals surface area (Å²) in [4.78, 5) is 11.7. The van der Waals surface area contributed by atoms with E-state index < -0.39 is 0 Å². The summed E-state index contributed by atoms with van der Waals surface area (Å²) in [7, 11) is 0. The lowest BCUT2D eigenvalue weighted by Gasteiger charge is -2.32. The molecule has 1 fully saturated rings. The normalized spacial score (nSPS) is 18.9. The number of rotatable bonds is 4. The van der Waals surface area contributed by atoms with Gasteiger partial charge in [0.15, 0.2) is 0 Å². The first-order chi connectivity index (χ1) is 12.1. The Morgan fingerprint density at radius 3 is 2.80 bits per heavy atom. The van der Waals surface area contributed by atoms with E-state index in [9.17, 15) is 0 Å². The summed E-state index contributed by atoms with van der Waals surface area (Å²) >= 11 is 0. The molecule has 1 aliphatic rings. The van der Waals surface area contributed by atoms with Crippen LogP contribution in [-0.4, -0.2) is 42.1 Å². The Morgan fingerprint density at radius 1 is 1.16 bits per heavy atom. The predicted molar refractivity (Wildman–Crippen MR) is 97.4 cm³/mol. The molecule has 6 heteroatoms. The fourth-order valence-electron chi connectivity index (χ4n) is 3.93. The van der Waals surface area contributed by atoms with Gasteiger partial charge < -0.3 is 4.40 Å². The third-order valence-electron chi connectivity index (χ3n) is 5.13. The maximum Gasteiger partial charge on any atom is 0.147 e. The highest BCUT2D eigenvalue weighted by Crippen LogP contribution is 2.21. The minimum Gasteiger partial charge on any atom is -0.304 e. The lowest BCUT2D eigenvalue weighted by molar-refractivity contribution is 0.151. The highest BCUT2D eigenvalue weighted by atomic mass is 15.3. The summed E-state index contributed by atoms with van der Waals surface area (Å²) in [5, 5.41) is 4.52. The van der Waals surface area contributed by atoms with E-state index in [-0.39, 0.29) is 0 Å². The first-order valence-corrected chi connectivity index (χ1v) is 9.12. The van der Waals surface area contributed by atoms with Gasteiger partial charge in [-0.05, 0) is 58.2 Å². The van der Waals surface area contributed by atoms with E-state index in [1.54, 1.807) is 0 Å². The summed E-state index contributed by atoms with van der Waals surface area (Å²) in [5.74, 6) is 2.52. The Bertz CT molecular complexity index is 877. The van der Waals surface area contributed by atoms with E-state index in [0.29, 0.717) is 5.92 Å². The molecular weight excluding hydrogens is 312 g/mol. The van der Waals surface area contributed by atoms with Gasteiger partial charge in [-0.25, -0.2) is 14.6 Å². The van der Waals surface area contributed by atoms with Gasteiger partial charge in [-0.15, -0.1) is 0 Å². The summed E-state index contributed by atoms with van der Waals surface area (Å²) in [6, 6.07) is 6.27. The van der Waals surface area contributed by atoms with Crippen molar-refractivity contribution in [3.63, 3.8) is 0 Å². The molecule has 3 aromatic heterocycles. The molecule has 4 heterocycles. The van der Waals surface area contributed by atoms with E-state index >= 15 is 0 Å². The molecule has 1 aliphatic heterocycles. The summed E-state index contributed by atoms with van der Waals surface area (Å²) < 4.78 is 4.25. The largest absolute Gasteiger partial charge is 0.304 e. The third kappa shape index (κ3) is 3.44. The number of piperidine rings is 1. The fourth-order valence-corrected chi connectivity index (χ4v) is 3.93. The van der Waals surface area contributed by atoms with E-state index in [0.717, 1.165) is 49.2 Å². The maximum absolute atomic E-state index is 4.79. The Balaban J connectivity index is 1.43. The Hall–Kier alpha value is -2.21. The minimum atomic E-state index is 0.632. The van der Waals surface area contributed by atoms with Crippen LogP contribution in [0.25, 0.3) is 5.65 Å². The van der Waals surface area contributed by atoms with E-state index in [1.807, 2.05) is 13.8 Å². The molecule has 0 amide bonds. The average Bonchev–Trinajstić information content (AvgIpc) is 3.11. The number of likely N-dealkylation sites (tertiary alicyclic amines) is 1. The van der Waals surface area contributed by atoms with Crippen LogP contribution in [0.2, 0.25) is 0 Å². The van der Waals surface area contributed by atoms with Crippen LogP contribution in [0.15, 0.2) is 24.4 Å². The van der Waals surface area contributed by atoms with Crippen LogP contribution >= 0.6 is 0 Å². The van der Waals surface area contributed by atoms with Crippen molar-refractivity contribution in [3.05, 3.63) is 47.4 Å². The Kier molecular flexibility index (Phi) is 4.29. The summed E-state index contributed by atoms with van der Waals surface area (Å²) in [5.41, 5.74) is 3.42. The van der Waals surface area contributed by atoms with Gasteiger partial charge in [0.25, 0.3) is 0 Å². The molecular formula is C19H26N6. The molecule has 0 radical (unpaired) electrons. The minimum absolute atomic E-state index is 0.632. The van der Waals surface area contributed by atoms with Crippen molar-refractivity contribution in [3.8, 4) is 0 Å². The van der Waals surface area contributed by atoms with Gasteiger partial charge in [-0.1, -0.05) is 6.07 Å². The molecule has 6 nitrogen and oxygen atoms in total. The van der Waals surface area contributed by atoms with E-state index in [2.05, 4.69) is 55.4 Å². The molecule has 25 heavy (non-hydrogen) atoms. The quantitative estimate of drug-likeness (QED) is 0.734. The van der Waals surface area contributed by atoms with Crippen LogP contribution in [0.1, 0.15) is 35.9 Å². The molecule has 0 bridgehead atoms. The second-order valence-electron chi connectivity index (χ2n) is 7.26. The van der Waals surface area contributed by atoms with Crippen molar-refractivity contribution in [2.75, 3.05) is 13.1 Å². The number of hydrogen-bond acceptors (Lipinski definition) is 4. The molecule has 0 unspecified atom stereocenters. The molecule has 0 aliphatic carbocycles. The van der Waals surface area contributed by atoms with Crippen molar-refractivity contribution in [2.24, 2.45) is 5.92 Å². The monoisotopic (exact) mass is 338 g/mol. The standard InChI is InChI=1S/C19H26N6/c1-14-6-4-8-19-21-18(13-24(14)19)12-23-9-5-7-17(10-23)11-25-16(3)20-15(2)22-25/h4,6,8,13,17H,5,7,9-12H2,1-3H3/t17-/m1/s1. The van der Waals surface area contributed by atoms with Gasteiger partial charge in [0.2, 0.25) is 0 Å². The molecule has 3 aromatic rings. The zero-order chi connectivity index (χ0) is 17.4. The molecule has 0 aromatic carbocycles. The van der Waals surface area contributed by atoms with Crippen molar-refractivity contribution in [1.82, 2.24) is 29.0 Å². The number of nitrogens with zero attached hydrogens (tertiary/aromatic N) is 6. The first kappa shape index (κ1) is 16.3. The Labute approximate surface area is 148 Å². The van der Waals surface area contributed by atoms with Gasteiger partial charge in [0, 0.05) is 31.5 Å². The lowest BCUT2D eigenvalue weighted by atomic mass is 9.98. The number of aromatic nitrogens is 5.